The third-order valence-electron chi connectivity index (χ3n) is 9.07. The molecule has 0 fully saturated rings. The second kappa shape index (κ2) is 9.64. The van der Waals surface area contributed by atoms with Crippen LogP contribution < -0.4 is 0 Å². The van der Waals surface area contributed by atoms with Gasteiger partial charge in [0.15, 0.2) is 16.9 Å². The lowest BCUT2D eigenvalue weighted by atomic mass is 9.99. The molecule has 0 amide bonds. The zero-order valence-corrected chi connectivity index (χ0v) is 24.8. The van der Waals surface area contributed by atoms with E-state index in [-0.39, 0.29) is 0 Å². The lowest BCUT2D eigenvalue weighted by Crippen LogP contribution is -1.96. The summed E-state index contributed by atoms with van der Waals surface area (Å²) in [7, 11) is 0. The monoisotopic (exact) mass is 602 g/mol. The molecule has 0 saturated heterocycles. The van der Waals surface area contributed by atoms with Gasteiger partial charge >= 0.3 is 0 Å². The van der Waals surface area contributed by atoms with Crippen LogP contribution in [0.25, 0.3) is 99.0 Å². The van der Waals surface area contributed by atoms with Gasteiger partial charge in [0, 0.05) is 21.9 Å². The van der Waals surface area contributed by atoms with Crippen LogP contribution in [-0.4, -0.2) is 14.5 Å². The van der Waals surface area contributed by atoms with Crippen molar-refractivity contribution < 1.29 is 8.83 Å². The molecule has 0 atom stereocenters. The van der Waals surface area contributed by atoms with Crippen LogP contribution in [0.3, 0.4) is 0 Å². The Morgan fingerprint density at radius 3 is 1.62 bits per heavy atom. The van der Waals surface area contributed by atoms with Crippen LogP contribution >= 0.6 is 0 Å². The molecule has 10 aromatic rings. The molecule has 3 aromatic heterocycles. The van der Waals surface area contributed by atoms with Gasteiger partial charge in [0.1, 0.15) is 11.0 Å². The number of oxazole rings is 2. The zero-order valence-electron chi connectivity index (χ0n) is 24.8. The van der Waals surface area contributed by atoms with Gasteiger partial charge in [-0.1, -0.05) is 60.7 Å². The number of hydrogen-bond acceptors (Lipinski definition) is 4. The van der Waals surface area contributed by atoms with Crippen molar-refractivity contribution in [2.45, 2.75) is 0 Å². The number of nitrogens with zero attached hydrogens (tertiary/aromatic N) is 4. The fraction of sp³-hybridized carbons (Fsp3) is 0. The molecule has 0 bridgehead atoms. The molecule has 6 heteroatoms. The van der Waals surface area contributed by atoms with E-state index >= 15 is 0 Å². The first kappa shape index (κ1) is 25.6. The van der Waals surface area contributed by atoms with Gasteiger partial charge in [-0.15, -0.1) is 0 Å². The maximum absolute atomic E-state index is 7.99. The second-order valence-electron chi connectivity index (χ2n) is 11.7. The number of aromatic nitrogens is 3. The van der Waals surface area contributed by atoms with Gasteiger partial charge in [-0.3, -0.25) is 0 Å². The van der Waals surface area contributed by atoms with Crippen molar-refractivity contribution in [3.05, 3.63) is 145 Å². The second-order valence-corrected chi connectivity index (χ2v) is 11.7. The zero-order chi connectivity index (χ0) is 31.1. The van der Waals surface area contributed by atoms with Gasteiger partial charge in [0.2, 0.25) is 11.8 Å². The highest BCUT2D eigenvalue weighted by Gasteiger charge is 2.20. The van der Waals surface area contributed by atoms with Gasteiger partial charge in [-0.05, 0) is 94.3 Å². The van der Waals surface area contributed by atoms with Crippen LogP contribution in [0.4, 0.5) is 5.69 Å². The molecule has 3 heterocycles. The number of rotatable bonds is 3. The smallest absolute Gasteiger partial charge is 0.227 e. The topological polar surface area (TPSA) is 61.4 Å². The Balaban J connectivity index is 1.28. The Morgan fingerprint density at radius 1 is 0.489 bits per heavy atom. The molecule has 0 aliphatic rings. The van der Waals surface area contributed by atoms with E-state index in [0.29, 0.717) is 17.5 Å². The van der Waals surface area contributed by atoms with Crippen LogP contribution in [0.2, 0.25) is 0 Å². The lowest BCUT2D eigenvalue weighted by Gasteiger charge is -2.14. The van der Waals surface area contributed by atoms with Crippen molar-refractivity contribution in [1.29, 1.82) is 0 Å². The van der Waals surface area contributed by atoms with Crippen LogP contribution in [0.1, 0.15) is 0 Å². The molecular weight excluding hydrogens is 580 g/mol. The van der Waals surface area contributed by atoms with Crippen LogP contribution in [-0.2, 0) is 0 Å². The quantitative estimate of drug-likeness (QED) is 0.149. The standard InChI is InChI=1S/C41H22N4O2/c1-42-34-23-31-27(26-9-2-3-10-28(26)34)11-8-14-35(31)45-36-19-17-24(40-43-32-12-4-6-15-38(32)46-40)21-29(36)30-22-25(18-20-37(30)45)41-44-33-13-5-7-16-39(33)47-41/h2-23H. The van der Waals surface area contributed by atoms with E-state index in [0.717, 1.165) is 82.4 Å². The molecule has 0 N–H and O–H groups in total. The lowest BCUT2D eigenvalue weighted by molar-refractivity contribution is 0.619. The van der Waals surface area contributed by atoms with Crippen LogP contribution in [0.5, 0.6) is 0 Å². The minimum atomic E-state index is 0.572. The predicted octanol–water partition coefficient (Wildman–Crippen LogP) is 11.3. The van der Waals surface area contributed by atoms with Crippen molar-refractivity contribution >= 4 is 71.2 Å². The molecule has 7 aromatic carbocycles. The fourth-order valence-corrected chi connectivity index (χ4v) is 6.92. The number of hydrogen-bond donors (Lipinski definition) is 0. The minimum Gasteiger partial charge on any atom is -0.436 e. The molecule has 0 radical (unpaired) electrons. The summed E-state index contributed by atoms with van der Waals surface area (Å²) in [6.45, 7) is 7.99. The fourth-order valence-electron chi connectivity index (χ4n) is 6.92. The van der Waals surface area contributed by atoms with Crippen LogP contribution in [0.15, 0.2) is 142 Å². The molecule has 0 aliphatic heterocycles. The molecule has 0 unspecified atom stereocenters. The Kier molecular flexibility index (Phi) is 5.25. The van der Waals surface area contributed by atoms with E-state index in [1.807, 2.05) is 72.8 Å². The maximum Gasteiger partial charge on any atom is 0.227 e. The van der Waals surface area contributed by atoms with E-state index in [2.05, 4.69) is 70.1 Å². The first-order chi connectivity index (χ1) is 23.2. The van der Waals surface area contributed by atoms with Crippen molar-refractivity contribution in [1.82, 2.24) is 14.5 Å². The SMILES string of the molecule is [C-]#[N+]c1cc2c(-n3c4ccc(-c5nc6ccccc6o5)cc4c4cc(-c5nc6ccccc6o5)ccc43)cccc2c2ccccc12. The van der Waals surface area contributed by atoms with Gasteiger partial charge in [0.25, 0.3) is 0 Å². The molecule has 6 nitrogen and oxygen atoms in total. The number of para-hydroxylation sites is 4. The van der Waals surface area contributed by atoms with E-state index in [1.54, 1.807) is 0 Å². The molecule has 0 aliphatic carbocycles. The highest BCUT2D eigenvalue weighted by atomic mass is 16.4. The van der Waals surface area contributed by atoms with Gasteiger partial charge < -0.3 is 13.4 Å². The highest BCUT2D eigenvalue weighted by Crippen LogP contribution is 2.41. The summed E-state index contributed by atoms with van der Waals surface area (Å²) in [6, 6.07) is 44.9. The average Bonchev–Trinajstić information content (AvgIpc) is 3.84. The summed E-state index contributed by atoms with van der Waals surface area (Å²) in [5, 5.41) is 6.23. The van der Waals surface area contributed by atoms with Gasteiger partial charge in [0.05, 0.1) is 23.3 Å². The first-order valence-corrected chi connectivity index (χ1v) is 15.4. The molecule has 0 spiro atoms. The maximum atomic E-state index is 7.99. The Labute approximate surface area is 267 Å². The van der Waals surface area contributed by atoms with Crippen LogP contribution in [0, 0.1) is 6.57 Å². The Morgan fingerprint density at radius 2 is 1.02 bits per heavy atom. The van der Waals surface area contributed by atoms with Gasteiger partial charge in [-0.2, -0.15) is 0 Å². The molecular formula is C41H22N4O2. The Bertz CT molecular complexity index is 2740. The summed E-state index contributed by atoms with van der Waals surface area (Å²) < 4.78 is 14.7. The Hall–Kier alpha value is -6.71. The molecule has 218 valence electrons. The third kappa shape index (κ3) is 3.78. The van der Waals surface area contributed by atoms with Gasteiger partial charge in [-0.25, -0.2) is 14.8 Å². The van der Waals surface area contributed by atoms with E-state index in [4.69, 9.17) is 25.4 Å². The highest BCUT2D eigenvalue weighted by molar-refractivity contribution is 6.17. The molecule has 10 rings (SSSR count). The average molecular weight is 603 g/mol. The third-order valence-corrected chi connectivity index (χ3v) is 9.07. The normalized spacial score (nSPS) is 11.8. The van der Waals surface area contributed by atoms with Crippen molar-refractivity contribution in [2.75, 3.05) is 0 Å². The van der Waals surface area contributed by atoms with Crippen molar-refractivity contribution in [2.24, 2.45) is 0 Å². The summed E-state index contributed by atoms with van der Waals surface area (Å²) in [4.78, 5) is 13.5. The number of benzene rings is 7. The van der Waals surface area contributed by atoms with Crippen molar-refractivity contribution in [3.63, 3.8) is 0 Å². The summed E-state index contributed by atoms with van der Waals surface area (Å²) in [5.74, 6) is 1.14. The molecule has 0 saturated carbocycles. The largest absolute Gasteiger partial charge is 0.436 e. The van der Waals surface area contributed by atoms with E-state index < -0.39 is 0 Å². The van der Waals surface area contributed by atoms with E-state index in [1.165, 1.54) is 0 Å². The van der Waals surface area contributed by atoms with E-state index in [9.17, 15) is 0 Å². The summed E-state index contributed by atoms with van der Waals surface area (Å²) in [5.41, 5.74) is 8.62. The molecule has 47 heavy (non-hydrogen) atoms. The summed E-state index contributed by atoms with van der Waals surface area (Å²) in [6.07, 6.45) is 0. The number of fused-ring (bicyclic) bond motifs is 8. The first-order valence-electron chi connectivity index (χ1n) is 15.4. The summed E-state index contributed by atoms with van der Waals surface area (Å²) >= 11 is 0. The minimum absolute atomic E-state index is 0.572. The van der Waals surface area contributed by atoms with Crippen molar-refractivity contribution in [3.8, 4) is 28.6 Å². The predicted molar refractivity (Wildman–Crippen MR) is 188 cm³/mol.